The van der Waals surface area contributed by atoms with Gasteiger partial charge in [0.05, 0.1) is 6.07 Å². The van der Waals surface area contributed by atoms with Crippen LogP contribution in [0.5, 0.6) is 0 Å². The zero-order chi connectivity index (χ0) is 7.82. The predicted octanol–water partition coefficient (Wildman–Crippen LogP) is 1.52. The predicted molar refractivity (Wildman–Crippen MR) is 42.0 cm³/mol. The van der Waals surface area contributed by atoms with Crippen LogP contribution in [0.1, 0.15) is 19.8 Å². The molecule has 10 heavy (non-hydrogen) atoms. The Morgan fingerprint density at radius 1 is 1.60 bits per heavy atom. The molecule has 0 N–H and O–H groups in total. The lowest BCUT2D eigenvalue weighted by Crippen LogP contribution is -2.10. The van der Waals surface area contributed by atoms with Crippen LogP contribution in [0.25, 0.3) is 0 Å². The normalized spacial score (nSPS) is 12.5. The van der Waals surface area contributed by atoms with Crippen molar-refractivity contribution in [3.8, 4) is 6.07 Å². The molecule has 0 fully saturated rings. The van der Waals surface area contributed by atoms with Crippen molar-refractivity contribution in [3.05, 3.63) is 0 Å². The van der Waals surface area contributed by atoms with Crippen molar-refractivity contribution in [3.63, 3.8) is 0 Å². The summed E-state index contributed by atoms with van der Waals surface area (Å²) in [6.07, 6.45) is 1.43. The van der Waals surface area contributed by atoms with Crippen molar-refractivity contribution in [2.24, 2.45) is 0 Å². The second-order valence-corrected chi connectivity index (χ2v) is 2.89. The van der Waals surface area contributed by atoms with Crippen molar-refractivity contribution >= 4 is 11.6 Å². The van der Waals surface area contributed by atoms with Crippen LogP contribution >= 0.6 is 11.6 Å². The molecule has 0 aromatic carbocycles. The summed E-state index contributed by atoms with van der Waals surface area (Å²) in [6.45, 7) is 3.38. The molecule has 0 amide bonds. The minimum absolute atomic E-state index is 0.200. The highest BCUT2D eigenvalue weighted by atomic mass is 35.5. The van der Waals surface area contributed by atoms with Crippen LogP contribution in [-0.2, 0) is 0 Å². The molecule has 1 atom stereocenters. The van der Waals surface area contributed by atoms with E-state index < -0.39 is 0 Å². The van der Waals surface area contributed by atoms with Gasteiger partial charge in [-0.05, 0) is 13.3 Å². The van der Waals surface area contributed by atoms with Gasteiger partial charge in [0, 0.05) is 24.9 Å². The quantitative estimate of drug-likeness (QED) is 0.443. The number of alkyl halides is 1. The molecule has 0 bridgehead atoms. The van der Waals surface area contributed by atoms with Gasteiger partial charge < -0.3 is 0 Å². The minimum Gasteiger partial charge on any atom is -0.241 e. The summed E-state index contributed by atoms with van der Waals surface area (Å²) in [6, 6.07) is 2.03. The monoisotopic (exact) mass is 159 g/mol. The average Bonchev–Trinajstić information content (AvgIpc) is 1.87. The largest absolute Gasteiger partial charge is 0.241 e. The van der Waals surface area contributed by atoms with Gasteiger partial charge in [-0.3, -0.25) is 0 Å². The SMILES string of the molecule is CC(Cl)CC[N]CCC#N. The van der Waals surface area contributed by atoms with Gasteiger partial charge in [-0.25, -0.2) is 5.32 Å². The van der Waals surface area contributed by atoms with Crippen molar-refractivity contribution in [2.75, 3.05) is 13.1 Å². The van der Waals surface area contributed by atoms with Gasteiger partial charge in [0.2, 0.25) is 0 Å². The Morgan fingerprint density at radius 3 is 2.80 bits per heavy atom. The van der Waals surface area contributed by atoms with E-state index in [0.29, 0.717) is 13.0 Å². The lowest BCUT2D eigenvalue weighted by Gasteiger charge is -2.00. The summed E-state index contributed by atoms with van der Waals surface area (Å²) < 4.78 is 0. The standard InChI is InChI=1S/C7H12ClN2/c1-7(8)3-6-10-5-2-4-9/h7H,2-3,5-6H2,1H3. The third-order valence-electron chi connectivity index (χ3n) is 1.07. The minimum atomic E-state index is 0.200. The van der Waals surface area contributed by atoms with Crippen molar-refractivity contribution in [2.45, 2.75) is 25.1 Å². The van der Waals surface area contributed by atoms with E-state index in [2.05, 4.69) is 5.32 Å². The number of rotatable bonds is 5. The first-order valence-corrected chi connectivity index (χ1v) is 3.85. The first kappa shape index (κ1) is 9.74. The number of nitriles is 1. The molecule has 0 aliphatic rings. The molecule has 2 nitrogen and oxygen atoms in total. The van der Waals surface area contributed by atoms with Crippen LogP contribution < -0.4 is 5.32 Å². The third kappa shape index (κ3) is 7.74. The number of hydrogen-bond donors (Lipinski definition) is 0. The van der Waals surface area contributed by atoms with E-state index in [4.69, 9.17) is 16.9 Å². The average molecular weight is 160 g/mol. The molecule has 0 aromatic rings. The van der Waals surface area contributed by atoms with Crippen molar-refractivity contribution in [1.82, 2.24) is 5.32 Å². The zero-order valence-corrected chi connectivity index (χ0v) is 6.93. The smallest absolute Gasteiger partial charge is 0.0635 e. The van der Waals surface area contributed by atoms with Crippen LogP contribution in [-0.4, -0.2) is 18.5 Å². The summed E-state index contributed by atoms with van der Waals surface area (Å²) >= 11 is 5.67. The molecule has 57 valence electrons. The maximum absolute atomic E-state index is 8.14. The molecule has 3 heteroatoms. The summed E-state index contributed by atoms with van der Waals surface area (Å²) in [7, 11) is 0. The first-order valence-electron chi connectivity index (χ1n) is 3.41. The maximum Gasteiger partial charge on any atom is 0.0635 e. The van der Waals surface area contributed by atoms with E-state index in [1.807, 2.05) is 13.0 Å². The molecule has 0 rings (SSSR count). The van der Waals surface area contributed by atoms with E-state index in [9.17, 15) is 0 Å². The molecule has 0 aliphatic heterocycles. The Hall–Kier alpha value is -0.260. The van der Waals surface area contributed by atoms with Crippen LogP contribution in [0.15, 0.2) is 0 Å². The molecule has 0 aliphatic carbocycles. The van der Waals surface area contributed by atoms with Gasteiger partial charge in [0.25, 0.3) is 0 Å². The Bertz CT molecular complexity index is 107. The molecule has 0 saturated heterocycles. The highest BCUT2D eigenvalue weighted by Crippen LogP contribution is 1.97. The van der Waals surface area contributed by atoms with E-state index in [1.165, 1.54) is 0 Å². The second kappa shape index (κ2) is 6.85. The molecular formula is C7H12ClN2. The fraction of sp³-hybridized carbons (Fsp3) is 0.857. The van der Waals surface area contributed by atoms with Crippen LogP contribution in [0.2, 0.25) is 0 Å². The topological polar surface area (TPSA) is 37.9 Å². The van der Waals surface area contributed by atoms with Crippen LogP contribution in [0.4, 0.5) is 0 Å². The zero-order valence-electron chi connectivity index (χ0n) is 6.18. The van der Waals surface area contributed by atoms with Crippen LogP contribution in [0, 0.1) is 11.3 Å². The highest BCUT2D eigenvalue weighted by Gasteiger charge is 1.94. The first-order chi connectivity index (χ1) is 4.77. The Kier molecular flexibility index (Phi) is 6.68. The lowest BCUT2D eigenvalue weighted by molar-refractivity contribution is 0.639. The molecular weight excluding hydrogens is 148 g/mol. The van der Waals surface area contributed by atoms with Gasteiger partial charge >= 0.3 is 0 Å². The Balaban J connectivity index is 2.86. The second-order valence-electron chi connectivity index (χ2n) is 2.15. The number of nitrogens with zero attached hydrogens (tertiary/aromatic N) is 2. The molecule has 1 unspecified atom stereocenters. The third-order valence-corrected chi connectivity index (χ3v) is 1.28. The molecule has 0 heterocycles. The van der Waals surface area contributed by atoms with Crippen LogP contribution in [0.3, 0.4) is 0 Å². The van der Waals surface area contributed by atoms with E-state index in [0.717, 1.165) is 13.0 Å². The fourth-order valence-electron chi connectivity index (χ4n) is 0.510. The Morgan fingerprint density at radius 2 is 2.30 bits per heavy atom. The van der Waals surface area contributed by atoms with E-state index in [1.54, 1.807) is 0 Å². The van der Waals surface area contributed by atoms with Gasteiger partial charge in [0.15, 0.2) is 0 Å². The van der Waals surface area contributed by atoms with Gasteiger partial charge in [-0.15, -0.1) is 11.6 Å². The summed E-state index contributed by atoms with van der Waals surface area (Å²) in [4.78, 5) is 0. The molecule has 0 spiro atoms. The summed E-state index contributed by atoms with van der Waals surface area (Å²) in [5.74, 6) is 0. The van der Waals surface area contributed by atoms with E-state index in [-0.39, 0.29) is 5.38 Å². The molecule has 0 saturated carbocycles. The number of hydrogen-bond acceptors (Lipinski definition) is 1. The van der Waals surface area contributed by atoms with Crippen molar-refractivity contribution < 1.29 is 0 Å². The summed E-state index contributed by atoms with van der Waals surface area (Å²) in [5.41, 5.74) is 0. The highest BCUT2D eigenvalue weighted by molar-refractivity contribution is 6.20. The molecule has 0 aromatic heterocycles. The Labute approximate surface area is 67.2 Å². The fourth-order valence-corrected chi connectivity index (χ4v) is 0.608. The summed E-state index contributed by atoms with van der Waals surface area (Å²) in [5, 5.41) is 12.4. The van der Waals surface area contributed by atoms with E-state index >= 15 is 0 Å². The van der Waals surface area contributed by atoms with Gasteiger partial charge in [0.1, 0.15) is 0 Å². The van der Waals surface area contributed by atoms with Gasteiger partial charge in [-0.2, -0.15) is 5.26 Å². The number of halogens is 1. The van der Waals surface area contributed by atoms with Gasteiger partial charge in [-0.1, -0.05) is 0 Å². The molecule has 1 radical (unpaired) electrons. The lowest BCUT2D eigenvalue weighted by atomic mass is 10.3. The van der Waals surface area contributed by atoms with Crippen molar-refractivity contribution in [1.29, 1.82) is 5.26 Å². The maximum atomic E-state index is 8.14.